The van der Waals surface area contributed by atoms with Crippen LogP contribution in [-0.2, 0) is 27.2 Å². The van der Waals surface area contributed by atoms with Gasteiger partial charge in [0, 0.05) is 59.6 Å². The number of phenolic OH excluding ortho intramolecular Hbond substituents is 1. The number of carbonyl (C=O) groups excluding carboxylic acids is 1. The Morgan fingerprint density at radius 2 is 1.87 bits per heavy atom. The minimum absolute atomic E-state index is 0.0867. The van der Waals surface area contributed by atoms with Crippen LogP contribution in [-0.4, -0.2) is 62.1 Å². The van der Waals surface area contributed by atoms with Crippen molar-refractivity contribution in [2.75, 3.05) is 18.0 Å². The molecule has 55 heavy (non-hydrogen) atoms. The summed E-state index contributed by atoms with van der Waals surface area (Å²) in [6.07, 6.45) is 10.6. The number of nitrogens with two attached hydrogens (primary N) is 2. The van der Waals surface area contributed by atoms with Gasteiger partial charge in [0.1, 0.15) is 51.6 Å². The summed E-state index contributed by atoms with van der Waals surface area (Å²) in [7, 11) is 0. The fraction of sp³-hybridized carbons (Fsp3) is 0.357. The number of fused-ring (bicyclic) bond motifs is 9. The third-order valence-electron chi connectivity index (χ3n) is 11.9. The summed E-state index contributed by atoms with van der Waals surface area (Å²) < 4.78 is 25.0. The highest BCUT2D eigenvalue weighted by Crippen LogP contribution is 2.60. The van der Waals surface area contributed by atoms with Crippen LogP contribution < -0.4 is 21.6 Å². The number of anilines is 2. The van der Waals surface area contributed by atoms with E-state index in [0.29, 0.717) is 60.2 Å². The van der Waals surface area contributed by atoms with Gasteiger partial charge in [0.05, 0.1) is 29.7 Å². The van der Waals surface area contributed by atoms with E-state index in [9.17, 15) is 14.7 Å². The Kier molecular flexibility index (Phi) is 7.19. The van der Waals surface area contributed by atoms with Gasteiger partial charge in [0.2, 0.25) is 0 Å². The number of ether oxygens (including phenoxy) is 3. The number of nitrogens with zero attached hydrogens (tertiary/aromatic N) is 4. The van der Waals surface area contributed by atoms with E-state index in [0.717, 1.165) is 29.1 Å². The number of benzene rings is 1. The second-order valence-electron chi connectivity index (χ2n) is 16.1. The second-order valence-corrected chi connectivity index (χ2v) is 16.1. The topological polar surface area (TPSA) is 192 Å². The molecule has 0 saturated carbocycles. The van der Waals surface area contributed by atoms with E-state index in [1.807, 2.05) is 50.5 Å². The lowest BCUT2D eigenvalue weighted by atomic mass is 9.71. The minimum Gasteiger partial charge on any atom is -0.507 e. The number of nitrogen functional groups attached to an aromatic ring is 2. The number of aliphatic imine (C=N–C) groups is 1. The largest absolute Gasteiger partial charge is 0.507 e. The molecule has 2 fully saturated rings. The Morgan fingerprint density at radius 3 is 2.71 bits per heavy atom. The van der Waals surface area contributed by atoms with Crippen LogP contribution in [0.2, 0.25) is 0 Å². The molecular weight excluding hydrogens is 700 g/mol. The third kappa shape index (κ3) is 5.35. The number of hydrogen-bond acceptors (Lipinski definition) is 13. The van der Waals surface area contributed by atoms with Crippen LogP contribution in [0.25, 0.3) is 22.2 Å². The van der Waals surface area contributed by atoms with E-state index in [4.69, 9.17) is 30.1 Å². The smallest absolute Gasteiger partial charge is 0.342 e. The average molecular weight is 741 g/mol. The standard InChI is InChI=1S/C42H40N6O7/c1-20-10-29(49)36-30(52-20)16-31-37(38(36)50)35-22-5-6-25(13-22)42(40(51)53-39(35)41(2,3)54-31)32(55-42)7-4-21-11-27(47-33(43)12-21)24-14-26(46-34(44)15-24)18-48-17-23-8-9-45-28(23)19-48/h5-6,8-12,14-16,19,22,25,32,35,39,50H,4,7,13,17-18H2,1-3H3,(H2,43,47)(H2,44,46). The summed E-state index contributed by atoms with van der Waals surface area (Å²) in [5, 5.41) is 11.7. The van der Waals surface area contributed by atoms with Crippen molar-refractivity contribution in [2.24, 2.45) is 16.8 Å². The van der Waals surface area contributed by atoms with Crippen LogP contribution in [0.4, 0.5) is 11.6 Å². The van der Waals surface area contributed by atoms with Gasteiger partial charge in [-0.15, -0.1) is 0 Å². The SMILES string of the molecule is Cc1cc(=O)c2c(O)c3c(cc2o1)OC(C)(C)C1OC(=O)C2(OC2CCc2cc(N)nc(-c4cc(N)nc(CN5C=C6N=CC=C6C5)c4)c2)C2C=CC(C2)C31. The molecule has 0 radical (unpaired) electrons. The number of hydrogen-bond donors (Lipinski definition) is 3. The van der Waals surface area contributed by atoms with Crippen LogP contribution >= 0.6 is 0 Å². The predicted molar refractivity (Wildman–Crippen MR) is 204 cm³/mol. The van der Waals surface area contributed by atoms with Gasteiger partial charge in [-0.05, 0) is 81.9 Å². The zero-order chi connectivity index (χ0) is 38.0. The molecule has 3 aromatic heterocycles. The molecule has 13 heteroatoms. The maximum atomic E-state index is 14.3. The molecule has 6 aliphatic rings. The molecule has 2 bridgehead atoms. The number of allylic oxidation sites excluding steroid dienone is 2. The summed E-state index contributed by atoms with van der Waals surface area (Å²) in [6.45, 7) is 6.76. The van der Waals surface area contributed by atoms with E-state index < -0.39 is 29.2 Å². The highest BCUT2D eigenvalue weighted by molar-refractivity contribution is 5.88. The molecule has 6 unspecified atom stereocenters. The van der Waals surface area contributed by atoms with Gasteiger partial charge in [-0.1, -0.05) is 12.2 Å². The molecule has 13 nitrogen and oxygen atoms in total. The molecule has 8 heterocycles. The Hall–Kier alpha value is -5.95. The monoisotopic (exact) mass is 740 g/mol. The zero-order valence-corrected chi connectivity index (χ0v) is 30.6. The summed E-state index contributed by atoms with van der Waals surface area (Å²) >= 11 is 0. The maximum absolute atomic E-state index is 14.3. The molecular formula is C42H40N6O7. The van der Waals surface area contributed by atoms with Gasteiger partial charge in [-0.2, -0.15) is 0 Å². The minimum atomic E-state index is -1.14. The summed E-state index contributed by atoms with van der Waals surface area (Å²) in [4.78, 5) is 43.1. The molecule has 2 saturated heterocycles. The molecule has 1 aliphatic carbocycles. The van der Waals surface area contributed by atoms with Crippen molar-refractivity contribution in [3.63, 3.8) is 0 Å². The lowest BCUT2D eigenvalue weighted by Gasteiger charge is -2.47. The molecule has 5 aliphatic heterocycles. The van der Waals surface area contributed by atoms with Gasteiger partial charge in [-0.3, -0.25) is 9.79 Å². The van der Waals surface area contributed by atoms with Crippen molar-refractivity contribution in [2.45, 2.75) is 75.9 Å². The fourth-order valence-corrected chi connectivity index (χ4v) is 9.47. The number of pyridine rings is 2. The Bertz CT molecular complexity index is 2540. The highest BCUT2D eigenvalue weighted by Gasteiger charge is 2.70. The van der Waals surface area contributed by atoms with E-state index >= 15 is 0 Å². The first kappa shape index (κ1) is 33.6. The number of phenols is 1. The predicted octanol–water partition coefficient (Wildman–Crippen LogP) is 5.24. The summed E-state index contributed by atoms with van der Waals surface area (Å²) in [5.41, 5.74) is 16.3. The van der Waals surface area contributed by atoms with Crippen molar-refractivity contribution < 1.29 is 28.5 Å². The zero-order valence-electron chi connectivity index (χ0n) is 30.6. The van der Waals surface area contributed by atoms with Crippen molar-refractivity contribution in [1.82, 2.24) is 14.9 Å². The van der Waals surface area contributed by atoms with Gasteiger partial charge in [-0.25, -0.2) is 14.8 Å². The molecule has 6 atom stereocenters. The average Bonchev–Trinajstić information content (AvgIpc) is 3.41. The van der Waals surface area contributed by atoms with Crippen LogP contribution in [0.15, 0.2) is 86.3 Å². The second kappa shape index (κ2) is 11.8. The highest BCUT2D eigenvalue weighted by atomic mass is 16.7. The lowest BCUT2D eigenvalue weighted by Crippen LogP contribution is -2.55. The normalized spacial score (nSPS) is 27.9. The molecule has 10 rings (SSSR count). The number of rotatable bonds is 6. The number of esters is 1. The Labute approximate surface area is 316 Å². The lowest BCUT2D eigenvalue weighted by molar-refractivity contribution is -0.176. The summed E-state index contributed by atoms with van der Waals surface area (Å²) in [5.74, 6) is 0.162. The van der Waals surface area contributed by atoms with Crippen molar-refractivity contribution >= 4 is 34.8 Å². The number of carbonyl (C=O) groups is 1. The number of epoxide rings is 1. The molecule has 4 aromatic rings. The number of aromatic nitrogens is 2. The van der Waals surface area contributed by atoms with Crippen LogP contribution in [0, 0.1) is 18.8 Å². The Balaban J connectivity index is 0.891. The molecule has 280 valence electrons. The molecule has 1 aromatic carbocycles. The Morgan fingerprint density at radius 1 is 1.04 bits per heavy atom. The summed E-state index contributed by atoms with van der Waals surface area (Å²) in [6, 6.07) is 10.6. The van der Waals surface area contributed by atoms with Crippen molar-refractivity contribution in [1.29, 1.82) is 0 Å². The van der Waals surface area contributed by atoms with Crippen LogP contribution in [0.5, 0.6) is 11.5 Å². The van der Waals surface area contributed by atoms with Crippen molar-refractivity contribution in [3.05, 3.63) is 105 Å². The van der Waals surface area contributed by atoms with E-state index in [-0.39, 0.29) is 40.1 Å². The van der Waals surface area contributed by atoms with Crippen LogP contribution in [0.1, 0.15) is 55.2 Å². The van der Waals surface area contributed by atoms with Gasteiger partial charge in [0.25, 0.3) is 0 Å². The number of aromatic hydroxyl groups is 1. The first-order valence-corrected chi connectivity index (χ1v) is 18.7. The van der Waals surface area contributed by atoms with E-state index in [1.165, 1.54) is 11.6 Å². The fourth-order valence-electron chi connectivity index (χ4n) is 9.47. The maximum Gasteiger partial charge on any atom is 0.342 e. The van der Waals surface area contributed by atoms with Crippen molar-refractivity contribution in [3.8, 4) is 22.8 Å². The quantitative estimate of drug-likeness (QED) is 0.133. The molecule has 1 spiro atoms. The van der Waals surface area contributed by atoms with Gasteiger partial charge < -0.3 is 40.1 Å². The first-order chi connectivity index (χ1) is 26.4. The molecule has 0 amide bonds. The third-order valence-corrected chi connectivity index (χ3v) is 11.9. The number of aryl methyl sites for hydroxylation is 2. The molecule has 5 N–H and O–H groups in total. The first-order valence-electron chi connectivity index (χ1n) is 18.7. The van der Waals surface area contributed by atoms with Crippen LogP contribution in [0.3, 0.4) is 0 Å². The van der Waals surface area contributed by atoms with Gasteiger partial charge in [0.15, 0.2) is 11.0 Å². The van der Waals surface area contributed by atoms with E-state index in [2.05, 4.69) is 32.0 Å². The van der Waals surface area contributed by atoms with Gasteiger partial charge >= 0.3 is 5.97 Å². The van der Waals surface area contributed by atoms with E-state index in [1.54, 1.807) is 19.1 Å².